The zero-order chi connectivity index (χ0) is 20.4. The van der Waals surface area contributed by atoms with Crippen LogP contribution in [0.2, 0.25) is 0 Å². The summed E-state index contributed by atoms with van der Waals surface area (Å²) in [5.41, 5.74) is -4.57. The van der Waals surface area contributed by atoms with Crippen molar-refractivity contribution in [2.75, 3.05) is 6.61 Å². The molecule has 2 aromatic rings. The first-order valence-corrected chi connectivity index (χ1v) is 7.95. The van der Waals surface area contributed by atoms with E-state index in [1.54, 1.807) is 24.3 Å². The number of hydrogen-bond donors (Lipinski definition) is 1. The molecule has 28 heavy (non-hydrogen) atoms. The van der Waals surface area contributed by atoms with Gasteiger partial charge in [-0.2, -0.15) is 26.3 Å². The van der Waals surface area contributed by atoms with Gasteiger partial charge in [0.25, 0.3) is 0 Å². The van der Waals surface area contributed by atoms with Gasteiger partial charge in [-0.1, -0.05) is 48.5 Å². The Labute approximate surface area is 155 Å². The van der Waals surface area contributed by atoms with E-state index >= 15 is 0 Å². The smallest absolute Gasteiger partial charge is 0.443 e. The molecule has 0 atom stereocenters. The van der Waals surface area contributed by atoms with Crippen LogP contribution in [0.5, 0.6) is 5.75 Å². The van der Waals surface area contributed by atoms with Crippen LogP contribution < -0.4 is 10.1 Å². The second-order valence-corrected chi connectivity index (χ2v) is 5.78. The van der Waals surface area contributed by atoms with Gasteiger partial charge in [0.2, 0.25) is 0 Å². The molecule has 0 saturated heterocycles. The third-order valence-electron chi connectivity index (χ3n) is 3.79. The Balaban J connectivity index is 2.03. The molecule has 1 aliphatic rings. The third-order valence-corrected chi connectivity index (χ3v) is 3.79. The maximum atomic E-state index is 13.5. The predicted octanol–water partition coefficient (Wildman–Crippen LogP) is 4.33. The normalized spacial score (nSPS) is 16.6. The lowest BCUT2D eigenvalue weighted by Crippen LogP contribution is -2.59. The zero-order valence-corrected chi connectivity index (χ0v) is 14.1. The number of para-hydroxylation sites is 1. The van der Waals surface area contributed by atoms with Gasteiger partial charge in [-0.3, -0.25) is 0 Å². The minimum atomic E-state index is -5.80. The fourth-order valence-electron chi connectivity index (χ4n) is 2.46. The number of nitrogens with zero attached hydrogens (tertiary/aromatic N) is 2. The molecule has 3 rings (SSSR count). The van der Waals surface area contributed by atoms with Gasteiger partial charge in [0.05, 0.1) is 0 Å². The fourth-order valence-corrected chi connectivity index (χ4v) is 2.46. The summed E-state index contributed by atoms with van der Waals surface area (Å²) in [6.45, 7) is -0.635. The highest BCUT2D eigenvalue weighted by atomic mass is 19.4. The third kappa shape index (κ3) is 3.80. The summed E-state index contributed by atoms with van der Waals surface area (Å²) in [5.74, 6) is -0.982. The molecule has 0 fully saturated rings. The van der Waals surface area contributed by atoms with Crippen LogP contribution in [0, 0.1) is 0 Å². The number of nitrogens with one attached hydrogen (secondary N) is 1. The minimum Gasteiger partial charge on any atom is -0.486 e. The lowest BCUT2D eigenvalue weighted by Gasteiger charge is -2.34. The first-order valence-electron chi connectivity index (χ1n) is 7.95. The average Bonchev–Trinajstić information content (AvgIpc) is 2.66. The molecule has 0 saturated carbocycles. The second kappa shape index (κ2) is 7.17. The number of amidine groups is 2. The lowest BCUT2D eigenvalue weighted by molar-refractivity contribution is -0.292. The number of benzene rings is 2. The highest BCUT2D eigenvalue weighted by Gasteiger charge is 2.73. The monoisotopic (exact) mass is 401 g/mol. The van der Waals surface area contributed by atoms with Crippen molar-refractivity contribution in [1.29, 1.82) is 0 Å². The number of rotatable bonds is 4. The van der Waals surface area contributed by atoms with E-state index in [0.29, 0.717) is 0 Å². The van der Waals surface area contributed by atoms with E-state index < -0.39 is 36.3 Å². The Morgan fingerprint density at radius 1 is 0.786 bits per heavy atom. The molecule has 2 aromatic carbocycles. The summed E-state index contributed by atoms with van der Waals surface area (Å²) in [6.07, 6.45) is -11.6. The molecule has 0 aliphatic carbocycles. The Morgan fingerprint density at radius 3 is 1.86 bits per heavy atom. The van der Waals surface area contributed by atoms with Crippen LogP contribution in [0.25, 0.3) is 0 Å². The number of hydrogen-bond acceptors (Lipinski definition) is 4. The van der Waals surface area contributed by atoms with Crippen LogP contribution in [0.3, 0.4) is 0 Å². The molecular weight excluding hydrogens is 388 g/mol. The quantitative estimate of drug-likeness (QED) is 0.775. The van der Waals surface area contributed by atoms with Gasteiger partial charge in [-0.15, -0.1) is 0 Å². The van der Waals surface area contributed by atoms with E-state index in [-0.39, 0.29) is 11.3 Å². The van der Waals surface area contributed by atoms with E-state index in [9.17, 15) is 26.3 Å². The van der Waals surface area contributed by atoms with Gasteiger partial charge in [0, 0.05) is 5.56 Å². The molecule has 0 amide bonds. The largest absolute Gasteiger partial charge is 0.486 e. The fraction of sp³-hybridized carbons (Fsp3) is 0.222. The molecule has 4 nitrogen and oxygen atoms in total. The van der Waals surface area contributed by atoms with E-state index in [1.165, 1.54) is 36.4 Å². The number of aliphatic imine (C=N–C) groups is 2. The highest BCUT2D eigenvalue weighted by molar-refractivity contribution is 6.11. The van der Waals surface area contributed by atoms with Crippen LogP contribution in [0.15, 0.2) is 70.6 Å². The van der Waals surface area contributed by atoms with Crippen molar-refractivity contribution >= 4 is 11.7 Å². The van der Waals surface area contributed by atoms with Gasteiger partial charge >= 0.3 is 18.0 Å². The summed E-state index contributed by atoms with van der Waals surface area (Å²) in [5, 5.41) is 2.41. The van der Waals surface area contributed by atoms with Gasteiger partial charge in [-0.05, 0) is 12.1 Å². The maximum Gasteiger partial charge on any atom is 0.443 e. The molecule has 10 heteroatoms. The molecule has 0 spiro atoms. The molecule has 0 unspecified atom stereocenters. The summed E-state index contributed by atoms with van der Waals surface area (Å²) in [4.78, 5) is 5.83. The summed E-state index contributed by atoms with van der Waals surface area (Å²) in [7, 11) is 0. The maximum absolute atomic E-state index is 13.5. The van der Waals surface area contributed by atoms with Crippen molar-refractivity contribution < 1.29 is 31.1 Å². The highest BCUT2D eigenvalue weighted by Crippen LogP contribution is 2.48. The van der Waals surface area contributed by atoms with Gasteiger partial charge < -0.3 is 10.1 Å². The molecule has 0 bridgehead atoms. The summed E-state index contributed by atoms with van der Waals surface area (Å²) in [6, 6.07) is 15.1. The summed E-state index contributed by atoms with van der Waals surface area (Å²) < 4.78 is 86.4. The van der Waals surface area contributed by atoms with Crippen molar-refractivity contribution in [3.8, 4) is 5.75 Å². The molecule has 0 radical (unpaired) electrons. The molecular formula is C18H13F6N3O. The van der Waals surface area contributed by atoms with Gasteiger partial charge in [0.1, 0.15) is 24.0 Å². The van der Waals surface area contributed by atoms with Crippen LogP contribution >= 0.6 is 0 Å². The van der Waals surface area contributed by atoms with Crippen LogP contribution in [-0.4, -0.2) is 36.3 Å². The number of ether oxygens (including phenoxy) is 1. The SMILES string of the molecule is FC(F)(F)C1(C(F)(F)F)N=C(COc2ccccc2)NC(c2ccccc2)=N1. The number of alkyl halides is 6. The standard InChI is InChI=1S/C18H13F6N3O/c19-17(20,21)16(18(22,23)24)26-14(11-28-13-9-5-2-6-10-13)25-15(27-16)12-7-3-1-4-8-12/h1-10H,11H2,(H,25,26,27). The van der Waals surface area contributed by atoms with Crippen LogP contribution in [0.4, 0.5) is 26.3 Å². The van der Waals surface area contributed by atoms with E-state index in [1.807, 2.05) is 0 Å². The van der Waals surface area contributed by atoms with Crippen molar-refractivity contribution in [3.63, 3.8) is 0 Å². The van der Waals surface area contributed by atoms with Gasteiger partial charge in [0.15, 0.2) is 0 Å². The Morgan fingerprint density at radius 2 is 1.32 bits per heavy atom. The molecule has 1 N–H and O–H groups in total. The zero-order valence-electron chi connectivity index (χ0n) is 14.1. The van der Waals surface area contributed by atoms with E-state index in [2.05, 4.69) is 15.3 Å². The molecule has 1 aliphatic heterocycles. The molecule has 1 heterocycles. The first-order chi connectivity index (χ1) is 13.1. The van der Waals surface area contributed by atoms with Crippen molar-refractivity contribution in [2.45, 2.75) is 18.0 Å². The van der Waals surface area contributed by atoms with Gasteiger partial charge in [-0.25, -0.2) is 9.98 Å². The lowest BCUT2D eigenvalue weighted by atomic mass is 10.1. The second-order valence-electron chi connectivity index (χ2n) is 5.78. The Bertz CT molecular complexity index is 862. The van der Waals surface area contributed by atoms with E-state index in [4.69, 9.17) is 4.74 Å². The van der Waals surface area contributed by atoms with E-state index in [0.717, 1.165) is 0 Å². The predicted molar refractivity (Wildman–Crippen MR) is 90.3 cm³/mol. The molecule has 148 valence electrons. The van der Waals surface area contributed by atoms with Crippen molar-refractivity contribution in [2.24, 2.45) is 9.98 Å². The summed E-state index contributed by atoms with van der Waals surface area (Å²) >= 11 is 0. The average molecular weight is 401 g/mol. The Kier molecular flexibility index (Phi) is 5.05. The van der Waals surface area contributed by atoms with Crippen molar-refractivity contribution in [1.82, 2.24) is 5.32 Å². The van der Waals surface area contributed by atoms with Crippen LogP contribution in [0.1, 0.15) is 5.56 Å². The number of halogens is 6. The van der Waals surface area contributed by atoms with Crippen LogP contribution in [-0.2, 0) is 0 Å². The Hall–Kier alpha value is -3.04. The first kappa shape index (κ1) is 19.7. The minimum absolute atomic E-state index is 0.0486. The van der Waals surface area contributed by atoms with Crippen molar-refractivity contribution in [3.05, 3.63) is 66.2 Å². The molecule has 0 aromatic heterocycles. The topological polar surface area (TPSA) is 46.0 Å².